The van der Waals surface area contributed by atoms with Gasteiger partial charge in [-0.2, -0.15) is 4.99 Å². The van der Waals surface area contributed by atoms with Crippen LogP contribution in [0.25, 0.3) is 22.6 Å². The third-order valence-electron chi connectivity index (χ3n) is 7.44. The number of hydrogen-bond acceptors (Lipinski definition) is 6. The van der Waals surface area contributed by atoms with Crippen LogP contribution in [0, 0.1) is 12.8 Å². The molecule has 2 heterocycles. The number of alkyl halides is 3. The maximum Gasteiger partial charge on any atom is 0.573 e. The second-order valence-electron chi connectivity index (χ2n) is 11.2. The zero-order chi connectivity index (χ0) is 32.6. The number of anilines is 1. The van der Waals surface area contributed by atoms with Gasteiger partial charge in [-0.3, -0.25) is 9.69 Å². The molecule has 46 heavy (non-hydrogen) atoms. The number of urea groups is 1. The fraction of sp³-hybridized carbons (Fsp3) is 0.242. The van der Waals surface area contributed by atoms with Crippen LogP contribution in [-0.4, -0.2) is 50.5 Å². The van der Waals surface area contributed by atoms with Crippen molar-refractivity contribution < 1.29 is 27.5 Å². The SMILES string of the molecule is Cc1ccc(C(C)C)c(N2C(=O)CSC2=NC(=O)NCC2C=C2c2cccc(-c3ncn(-c4ccc(OC(F)(F)F)cc4)n3)c2)c1. The molecule has 1 aromatic heterocycles. The highest BCUT2D eigenvalue weighted by Crippen LogP contribution is 2.39. The lowest BCUT2D eigenvalue weighted by molar-refractivity contribution is -0.274. The number of carbonyl (C=O) groups excluding carboxylic acids is 2. The Labute approximate surface area is 267 Å². The molecule has 13 heteroatoms. The number of halogens is 3. The monoisotopic (exact) mass is 646 g/mol. The molecule has 4 aromatic rings. The minimum atomic E-state index is -4.76. The van der Waals surface area contributed by atoms with E-state index in [-0.39, 0.29) is 29.2 Å². The molecular weight excluding hydrogens is 617 g/mol. The Morgan fingerprint density at radius 2 is 1.87 bits per heavy atom. The fourth-order valence-electron chi connectivity index (χ4n) is 5.15. The Bertz CT molecular complexity index is 1870. The van der Waals surface area contributed by atoms with Gasteiger partial charge in [-0.15, -0.1) is 18.3 Å². The molecule has 3 amide bonds. The number of rotatable bonds is 8. The lowest BCUT2D eigenvalue weighted by atomic mass is 9.99. The van der Waals surface area contributed by atoms with Gasteiger partial charge in [0.05, 0.1) is 17.1 Å². The summed E-state index contributed by atoms with van der Waals surface area (Å²) in [6.07, 6.45) is -1.23. The number of carbonyl (C=O) groups is 2. The highest BCUT2D eigenvalue weighted by atomic mass is 32.2. The van der Waals surface area contributed by atoms with Crippen molar-refractivity contribution in [2.75, 3.05) is 17.2 Å². The Morgan fingerprint density at radius 3 is 2.61 bits per heavy atom. The lowest BCUT2D eigenvalue weighted by Crippen LogP contribution is -2.32. The predicted molar refractivity (Wildman–Crippen MR) is 171 cm³/mol. The topological polar surface area (TPSA) is 102 Å². The number of aromatic nitrogens is 3. The van der Waals surface area contributed by atoms with Gasteiger partial charge in [-0.05, 0) is 71.5 Å². The van der Waals surface area contributed by atoms with Crippen LogP contribution in [0.4, 0.5) is 23.7 Å². The Balaban J connectivity index is 1.08. The van der Waals surface area contributed by atoms with Gasteiger partial charge in [-0.25, -0.2) is 14.5 Å². The number of amidine groups is 1. The van der Waals surface area contributed by atoms with Crippen molar-refractivity contribution in [2.45, 2.75) is 33.1 Å². The van der Waals surface area contributed by atoms with Crippen molar-refractivity contribution in [1.29, 1.82) is 0 Å². The van der Waals surface area contributed by atoms with Gasteiger partial charge < -0.3 is 10.1 Å². The highest BCUT2D eigenvalue weighted by molar-refractivity contribution is 8.15. The summed E-state index contributed by atoms with van der Waals surface area (Å²) in [6.45, 7) is 6.45. The average Bonchev–Trinajstić information content (AvgIpc) is 3.45. The lowest BCUT2D eigenvalue weighted by Gasteiger charge is -2.22. The van der Waals surface area contributed by atoms with E-state index >= 15 is 0 Å². The number of hydrogen-bond donors (Lipinski definition) is 1. The second kappa shape index (κ2) is 12.5. The quantitative estimate of drug-likeness (QED) is 0.219. The molecule has 1 atom stereocenters. The largest absolute Gasteiger partial charge is 0.573 e. The predicted octanol–water partition coefficient (Wildman–Crippen LogP) is 7.12. The molecule has 1 saturated heterocycles. The number of aryl methyl sites for hydroxylation is 1. The zero-order valence-electron chi connectivity index (χ0n) is 25.1. The summed E-state index contributed by atoms with van der Waals surface area (Å²) >= 11 is 1.25. The molecule has 0 radical (unpaired) electrons. The molecule has 0 spiro atoms. The van der Waals surface area contributed by atoms with Gasteiger partial charge >= 0.3 is 12.4 Å². The van der Waals surface area contributed by atoms with Crippen LogP contribution in [0.5, 0.6) is 5.75 Å². The van der Waals surface area contributed by atoms with Gasteiger partial charge in [0.15, 0.2) is 11.0 Å². The van der Waals surface area contributed by atoms with E-state index < -0.39 is 12.4 Å². The number of nitrogens with zero attached hydrogens (tertiary/aromatic N) is 5. The molecule has 1 N–H and O–H groups in total. The van der Waals surface area contributed by atoms with E-state index in [1.54, 1.807) is 4.90 Å². The van der Waals surface area contributed by atoms with Gasteiger partial charge in [0.1, 0.15) is 12.1 Å². The van der Waals surface area contributed by atoms with E-state index in [9.17, 15) is 22.8 Å². The number of benzene rings is 3. The van der Waals surface area contributed by atoms with E-state index in [0.29, 0.717) is 23.2 Å². The molecule has 0 bridgehead atoms. The van der Waals surface area contributed by atoms with E-state index in [2.05, 4.69) is 39.0 Å². The standard InChI is InChI=1S/C33H29F3N6O3S/c1-19(2)26-12-7-20(3)13-28(26)42-29(43)17-46-32(42)39-31(44)37-16-23-15-27(23)21-5-4-6-22(14-21)30-38-18-41(40-30)24-8-10-25(11-9-24)45-33(34,35)36/h4-15,18-19,23H,16-17H2,1-3H3,(H,37,44). The van der Waals surface area contributed by atoms with Crippen LogP contribution < -0.4 is 15.0 Å². The number of aliphatic imine (C=N–C) groups is 1. The van der Waals surface area contributed by atoms with E-state index in [4.69, 9.17) is 0 Å². The van der Waals surface area contributed by atoms with Gasteiger partial charge in [0.2, 0.25) is 5.91 Å². The van der Waals surface area contributed by atoms with Gasteiger partial charge in [0.25, 0.3) is 0 Å². The third kappa shape index (κ3) is 6.99. The van der Waals surface area contributed by atoms with Crippen molar-refractivity contribution in [3.8, 4) is 22.8 Å². The highest BCUT2D eigenvalue weighted by Gasteiger charge is 2.33. The minimum Gasteiger partial charge on any atom is -0.406 e. The number of thioether (sulfide) groups is 1. The summed E-state index contributed by atoms with van der Waals surface area (Å²) < 4.78 is 42.8. The van der Waals surface area contributed by atoms with E-state index in [0.717, 1.165) is 33.5 Å². The van der Waals surface area contributed by atoms with Crippen molar-refractivity contribution in [3.05, 3.63) is 95.8 Å². The van der Waals surface area contributed by atoms with E-state index in [1.807, 2.05) is 55.5 Å². The molecule has 6 rings (SSSR count). The molecule has 1 unspecified atom stereocenters. The molecule has 3 aromatic carbocycles. The molecule has 1 fully saturated rings. The molecule has 236 valence electrons. The molecule has 9 nitrogen and oxygen atoms in total. The first-order valence-corrected chi connectivity index (χ1v) is 15.5. The maximum atomic E-state index is 12.8. The molecule has 2 aliphatic rings. The summed E-state index contributed by atoms with van der Waals surface area (Å²) in [4.78, 5) is 35.8. The Hall–Kier alpha value is -4.91. The third-order valence-corrected chi connectivity index (χ3v) is 8.36. The first-order chi connectivity index (χ1) is 21.9. The number of nitrogens with one attached hydrogen (secondary N) is 1. The van der Waals surface area contributed by atoms with Crippen LogP contribution in [0.2, 0.25) is 0 Å². The first kappa shape index (κ1) is 31.1. The van der Waals surface area contributed by atoms with Crippen molar-refractivity contribution in [1.82, 2.24) is 20.1 Å². The molecule has 1 aliphatic heterocycles. The average molecular weight is 647 g/mol. The number of ether oxygens (including phenoxy) is 1. The first-order valence-electron chi connectivity index (χ1n) is 14.5. The summed E-state index contributed by atoms with van der Waals surface area (Å²) in [7, 11) is 0. The molecular formula is C33H29F3N6O3S. The van der Waals surface area contributed by atoms with Crippen molar-refractivity contribution in [3.63, 3.8) is 0 Å². The molecule has 0 saturated carbocycles. The maximum absolute atomic E-state index is 12.8. The fourth-order valence-corrected chi connectivity index (χ4v) is 6.01. The van der Waals surface area contributed by atoms with E-state index in [1.165, 1.54) is 47.0 Å². The van der Waals surface area contributed by atoms with Crippen LogP contribution in [-0.2, 0) is 4.79 Å². The van der Waals surface area contributed by atoms with Gasteiger partial charge in [-0.1, -0.05) is 62.0 Å². The zero-order valence-corrected chi connectivity index (χ0v) is 25.9. The van der Waals surface area contributed by atoms with Crippen molar-refractivity contribution in [2.24, 2.45) is 10.9 Å². The minimum absolute atomic E-state index is 0.0284. The van der Waals surface area contributed by atoms with Crippen LogP contribution in [0.1, 0.15) is 36.5 Å². The Kier molecular flexibility index (Phi) is 8.43. The smallest absolute Gasteiger partial charge is 0.406 e. The Morgan fingerprint density at radius 1 is 1.11 bits per heavy atom. The van der Waals surface area contributed by atoms with Crippen LogP contribution >= 0.6 is 11.8 Å². The van der Waals surface area contributed by atoms with Crippen LogP contribution in [0.3, 0.4) is 0 Å². The summed E-state index contributed by atoms with van der Waals surface area (Å²) in [5.74, 6) is 0.455. The second-order valence-corrected chi connectivity index (χ2v) is 12.1. The number of amides is 3. The van der Waals surface area contributed by atoms with Gasteiger partial charge in [0, 0.05) is 18.0 Å². The normalized spacial score (nSPS) is 17.1. The molecule has 1 aliphatic carbocycles. The summed E-state index contributed by atoms with van der Waals surface area (Å²) in [5, 5.41) is 7.70. The van der Waals surface area contributed by atoms with Crippen LogP contribution in [0.15, 0.2) is 84.1 Å². The van der Waals surface area contributed by atoms with Crippen molar-refractivity contribution >= 4 is 40.1 Å². The summed E-state index contributed by atoms with van der Waals surface area (Å²) in [6, 6.07) is 18.5. The summed E-state index contributed by atoms with van der Waals surface area (Å²) in [5.41, 5.74) is 6.09.